The predicted molar refractivity (Wildman–Crippen MR) is 56.8 cm³/mol. The smallest absolute Gasteiger partial charge is 0.290 e. The van der Waals surface area contributed by atoms with Crippen molar-refractivity contribution in [3.63, 3.8) is 0 Å². The highest BCUT2D eigenvalue weighted by Crippen LogP contribution is 2.09. The third-order valence-electron chi connectivity index (χ3n) is 2.68. The van der Waals surface area contributed by atoms with Crippen LogP contribution in [-0.4, -0.2) is 57.6 Å². The first-order valence-electron chi connectivity index (χ1n) is 5.29. The fraction of sp³-hybridized carbons (Fsp3) is 0.600. The van der Waals surface area contributed by atoms with Crippen molar-refractivity contribution >= 4 is 5.91 Å². The van der Waals surface area contributed by atoms with Crippen molar-refractivity contribution in [2.45, 2.75) is 19.1 Å². The number of carbonyl (C=O) groups is 1. The Morgan fingerprint density at radius 3 is 2.53 bits per heavy atom. The first kappa shape index (κ1) is 12.0. The van der Waals surface area contributed by atoms with Crippen molar-refractivity contribution in [2.75, 3.05) is 19.6 Å². The number of β-amino-alcohol motifs (C(OH)–C–C–N with tert-alkyl or cyclic N) is 2. The molecule has 1 aliphatic heterocycles. The van der Waals surface area contributed by atoms with Gasteiger partial charge in [-0.3, -0.25) is 14.5 Å². The molecule has 0 amide bonds. The third kappa shape index (κ3) is 2.46. The topological polar surface area (TPSA) is 95.9 Å². The monoisotopic (exact) mass is 242 g/mol. The molecule has 17 heavy (non-hydrogen) atoms. The van der Waals surface area contributed by atoms with Crippen LogP contribution in [0.15, 0.2) is 15.4 Å². The van der Waals surface area contributed by atoms with Crippen LogP contribution in [-0.2, 0) is 0 Å². The quantitative estimate of drug-likeness (QED) is 0.650. The standard InChI is InChI=1S/C10H14N2O5/c1-6-2-9(15)12(17-6)10(16)5-11-3-7(13)8(14)4-11/h2,7-8,13-14H,3-5H2,1H3. The van der Waals surface area contributed by atoms with Crippen LogP contribution in [0.5, 0.6) is 0 Å². The zero-order valence-electron chi connectivity index (χ0n) is 9.37. The molecule has 2 unspecified atom stereocenters. The molecule has 0 bridgehead atoms. The van der Waals surface area contributed by atoms with E-state index in [1.54, 1.807) is 11.8 Å². The van der Waals surface area contributed by atoms with E-state index in [-0.39, 0.29) is 19.6 Å². The van der Waals surface area contributed by atoms with Crippen molar-refractivity contribution in [1.82, 2.24) is 9.64 Å². The molecular weight excluding hydrogens is 228 g/mol. The summed E-state index contributed by atoms with van der Waals surface area (Å²) in [5.41, 5.74) is -0.507. The molecule has 0 spiro atoms. The second-order valence-corrected chi connectivity index (χ2v) is 4.20. The fourth-order valence-corrected chi connectivity index (χ4v) is 1.85. The molecule has 1 aromatic rings. The van der Waals surface area contributed by atoms with E-state index < -0.39 is 23.7 Å². The molecule has 0 aromatic carbocycles. The van der Waals surface area contributed by atoms with E-state index >= 15 is 0 Å². The van der Waals surface area contributed by atoms with Crippen LogP contribution in [0.3, 0.4) is 0 Å². The molecule has 1 aromatic heterocycles. The number of hydrogen-bond donors (Lipinski definition) is 2. The van der Waals surface area contributed by atoms with E-state index in [2.05, 4.69) is 0 Å². The van der Waals surface area contributed by atoms with E-state index in [0.29, 0.717) is 10.5 Å². The summed E-state index contributed by atoms with van der Waals surface area (Å²) in [7, 11) is 0. The Morgan fingerprint density at radius 2 is 2.06 bits per heavy atom. The van der Waals surface area contributed by atoms with E-state index in [4.69, 9.17) is 4.52 Å². The van der Waals surface area contributed by atoms with Gasteiger partial charge in [0, 0.05) is 19.2 Å². The van der Waals surface area contributed by atoms with Crippen LogP contribution in [0.4, 0.5) is 0 Å². The van der Waals surface area contributed by atoms with Gasteiger partial charge in [-0.2, -0.15) is 0 Å². The van der Waals surface area contributed by atoms with E-state index in [1.807, 2.05) is 0 Å². The lowest BCUT2D eigenvalue weighted by Gasteiger charge is -2.12. The van der Waals surface area contributed by atoms with Gasteiger partial charge in [-0.15, -0.1) is 4.74 Å². The van der Waals surface area contributed by atoms with Crippen LogP contribution >= 0.6 is 0 Å². The number of likely N-dealkylation sites (tertiary alicyclic amines) is 1. The predicted octanol–water partition coefficient (Wildman–Crippen LogP) is -1.57. The number of aliphatic hydroxyl groups is 2. The summed E-state index contributed by atoms with van der Waals surface area (Å²) >= 11 is 0. The fourth-order valence-electron chi connectivity index (χ4n) is 1.85. The summed E-state index contributed by atoms with van der Waals surface area (Å²) in [4.78, 5) is 24.6. The highest BCUT2D eigenvalue weighted by molar-refractivity contribution is 5.79. The highest BCUT2D eigenvalue weighted by Gasteiger charge is 2.31. The van der Waals surface area contributed by atoms with Gasteiger partial charge in [0.15, 0.2) is 0 Å². The van der Waals surface area contributed by atoms with Crippen LogP contribution < -0.4 is 5.56 Å². The molecule has 2 rings (SSSR count). The van der Waals surface area contributed by atoms with E-state index in [0.717, 1.165) is 0 Å². The molecule has 94 valence electrons. The number of hydrogen-bond acceptors (Lipinski definition) is 6. The lowest BCUT2D eigenvalue weighted by atomic mass is 10.3. The summed E-state index contributed by atoms with van der Waals surface area (Å²) in [6.07, 6.45) is -1.70. The first-order valence-corrected chi connectivity index (χ1v) is 5.29. The normalized spacial score (nSPS) is 25.4. The number of aliphatic hydroxyl groups excluding tert-OH is 2. The Kier molecular flexibility index (Phi) is 3.14. The highest BCUT2D eigenvalue weighted by atomic mass is 16.5. The maximum atomic E-state index is 11.7. The van der Waals surface area contributed by atoms with Gasteiger partial charge in [0.2, 0.25) is 0 Å². The van der Waals surface area contributed by atoms with Crippen molar-refractivity contribution < 1.29 is 19.5 Å². The molecule has 1 saturated heterocycles. The molecule has 2 atom stereocenters. The van der Waals surface area contributed by atoms with Gasteiger partial charge >= 0.3 is 0 Å². The summed E-state index contributed by atoms with van der Waals surface area (Å²) in [5.74, 6) is -0.144. The van der Waals surface area contributed by atoms with Gasteiger partial charge in [0.05, 0.1) is 18.8 Å². The Labute approximate surface area is 96.8 Å². The molecule has 7 nitrogen and oxygen atoms in total. The van der Waals surface area contributed by atoms with Crippen molar-refractivity contribution in [3.8, 4) is 0 Å². The van der Waals surface area contributed by atoms with Crippen molar-refractivity contribution in [1.29, 1.82) is 0 Å². The van der Waals surface area contributed by atoms with Gasteiger partial charge in [-0.25, -0.2) is 0 Å². The number of aryl methyl sites for hydroxylation is 1. The van der Waals surface area contributed by atoms with E-state index in [9.17, 15) is 19.8 Å². The number of carbonyl (C=O) groups excluding carboxylic acids is 1. The average molecular weight is 242 g/mol. The molecule has 2 heterocycles. The summed E-state index contributed by atoms with van der Waals surface area (Å²) in [5, 5.41) is 18.6. The molecule has 7 heteroatoms. The SMILES string of the molecule is Cc1cc(=O)n(C(=O)CN2CC(O)C(O)C2)o1. The molecule has 1 aliphatic rings. The third-order valence-corrected chi connectivity index (χ3v) is 2.68. The van der Waals surface area contributed by atoms with Crippen LogP contribution in [0.1, 0.15) is 10.6 Å². The zero-order valence-corrected chi connectivity index (χ0v) is 9.37. The van der Waals surface area contributed by atoms with Crippen LogP contribution in [0, 0.1) is 6.92 Å². The average Bonchev–Trinajstić information content (AvgIpc) is 2.71. The Bertz CT molecular complexity index is 467. The number of aromatic nitrogens is 1. The van der Waals surface area contributed by atoms with Crippen LogP contribution in [0.2, 0.25) is 0 Å². The van der Waals surface area contributed by atoms with E-state index in [1.165, 1.54) is 6.07 Å². The maximum absolute atomic E-state index is 11.7. The van der Waals surface area contributed by atoms with Gasteiger partial charge < -0.3 is 14.7 Å². The lowest BCUT2D eigenvalue weighted by Crippen LogP contribution is -2.34. The molecule has 0 aliphatic carbocycles. The van der Waals surface area contributed by atoms with Gasteiger partial charge in [-0.1, -0.05) is 0 Å². The minimum Gasteiger partial charge on any atom is -0.389 e. The van der Waals surface area contributed by atoms with Gasteiger partial charge in [0.1, 0.15) is 5.76 Å². The minimum atomic E-state index is -0.849. The largest absolute Gasteiger partial charge is 0.389 e. The zero-order chi connectivity index (χ0) is 12.6. The first-order chi connectivity index (χ1) is 7.97. The Balaban J connectivity index is 2.03. The number of nitrogens with zero attached hydrogens (tertiary/aromatic N) is 2. The second-order valence-electron chi connectivity index (χ2n) is 4.20. The molecular formula is C10H14N2O5. The summed E-state index contributed by atoms with van der Waals surface area (Å²) < 4.78 is 5.63. The van der Waals surface area contributed by atoms with Crippen molar-refractivity contribution in [2.24, 2.45) is 0 Å². The van der Waals surface area contributed by atoms with Crippen LogP contribution in [0.25, 0.3) is 0 Å². The van der Waals surface area contributed by atoms with Crippen molar-refractivity contribution in [3.05, 3.63) is 22.2 Å². The summed E-state index contributed by atoms with van der Waals surface area (Å²) in [6, 6.07) is 1.23. The molecule has 0 saturated carbocycles. The summed E-state index contributed by atoms with van der Waals surface area (Å²) in [6.45, 7) is 1.93. The minimum absolute atomic E-state index is 0.0685. The van der Waals surface area contributed by atoms with Gasteiger partial charge in [0.25, 0.3) is 11.5 Å². The number of rotatable bonds is 2. The molecule has 1 fully saturated rings. The Hall–Kier alpha value is -1.44. The lowest BCUT2D eigenvalue weighted by molar-refractivity contribution is 0.0572. The molecule has 0 radical (unpaired) electrons. The Morgan fingerprint density at radius 1 is 1.47 bits per heavy atom. The molecule has 2 N–H and O–H groups in total. The maximum Gasteiger partial charge on any atom is 0.290 e. The van der Waals surface area contributed by atoms with Gasteiger partial charge in [-0.05, 0) is 6.92 Å². The second kappa shape index (κ2) is 4.44.